The minimum Gasteiger partial charge on any atom is -0.268 e. The SMILES string of the molecule is O=C(NS(=O)(=O)c1ccccc1[N+](=O)[O-])c1ccc(Cl)cc1. The van der Waals surface area contributed by atoms with Crippen LogP contribution in [0.4, 0.5) is 5.69 Å². The zero-order chi connectivity index (χ0) is 16.3. The number of rotatable bonds is 4. The highest BCUT2D eigenvalue weighted by Crippen LogP contribution is 2.23. The number of carbonyl (C=O) groups excluding carboxylic acids is 1. The highest BCUT2D eigenvalue weighted by Gasteiger charge is 2.27. The van der Waals surface area contributed by atoms with Crippen molar-refractivity contribution in [3.63, 3.8) is 0 Å². The highest BCUT2D eigenvalue weighted by molar-refractivity contribution is 7.90. The molecule has 0 aliphatic rings. The topological polar surface area (TPSA) is 106 Å². The van der Waals surface area contributed by atoms with Crippen molar-refractivity contribution in [2.75, 3.05) is 0 Å². The molecule has 7 nitrogen and oxygen atoms in total. The third-order valence-corrected chi connectivity index (χ3v) is 4.32. The molecule has 114 valence electrons. The van der Waals surface area contributed by atoms with Gasteiger partial charge in [-0.3, -0.25) is 14.9 Å². The Labute approximate surface area is 130 Å². The second-order valence-corrected chi connectivity index (χ2v) is 6.25. The summed E-state index contributed by atoms with van der Waals surface area (Å²) in [6.07, 6.45) is 0. The molecule has 22 heavy (non-hydrogen) atoms. The molecule has 0 atom stereocenters. The van der Waals surface area contributed by atoms with Gasteiger partial charge in [0.05, 0.1) is 4.92 Å². The summed E-state index contributed by atoms with van der Waals surface area (Å²) in [6.45, 7) is 0. The molecule has 0 spiro atoms. The normalized spacial score (nSPS) is 11.0. The van der Waals surface area contributed by atoms with Crippen LogP contribution in [-0.2, 0) is 10.0 Å². The third kappa shape index (κ3) is 3.41. The van der Waals surface area contributed by atoms with Crippen molar-refractivity contribution in [2.45, 2.75) is 4.90 Å². The Morgan fingerprint density at radius 3 is 2.27 bits per heavy atom. The van der Waals surface area contributed by atoms with E-state index in [0.29, 0.717) is 5.02 Å². The molecule has 0 fully saturated rings. The predicted molar refractivity (Wildman–Crippen MR) is 79.2 cm³/mol. The van der Waals surface area contributed by atoms with E-state index in [1.165, 1.54) is 36.4 Å². The number of carbonyl (C=O) groups is 1. The van der Waals surface area contributed by atoms with Gasteiger partial charge in [-0.25, -0.2) is 13.1 Å². The fourth-order valence-electron chi connectivity index (χ4n) is 1.67. The largest absolute Gasteiger partial charge is 0.289 e. The lowest BCUT2D eigenvalue weighted by Crippen LogP contribution is -2.31. The summed E-state index contributed by atoms with van der Waals surface area (Å²) in [7, 11) is -4.37. The van der Waals surface area contributed by atoms with Crippen LogP contribution in [0.3, 0.4) is 0 Å². The standard InChI is InChI=1S/C13H9ClN2O5S/c14-10-7-5-9(6-8-10)13(17)15-22(20,21)12-4-2-1-3-11(12)16(18)19/h1-8H,(H,15,17). The molecule has 0 aliphatic carbocycles. The lowest BCUT2D eigenvalue weighted by atomic mass is 10.2. The summed E-state index contributed by atoms with van der Waals surface area (Å²) in [5.74, 6) is -0.908. The van der Waals surface area contributed by atoms with Gasteiger partial charge in [0.1, 0.15) is 0 Å². The van der Waals surface area contributed by atoms with E-state index in [0.717, 1.165) is 12.1 Å². The number of amides is 1. The highest BCUT2D eigenvalue weighted by atomic mass is 35.5. The number of nitrogens with zero attached hydrogens (tertiary/aromatic N) is 1. The summed E-state index contributed by atoms with van der Waals surface area (Å²) < 4.78 is 26.1. The van der Waals surface area contributed by atoms with Crippen molar-refractivity contribution in [3.05, 3.63) is 69.2 Å². The zero-order valence-corrected chi connectivity index (χ0v) is 12.5. The first kappa shape index (κ1) is 15.9. The minimum atomic E-state index is -4.37. The lowest BCUT2D eigenvalue weighted by molar-refractivity contribution is -0.387. The number of hydrogen-bond acceptors (Lipinski definition) is 5. The molecule has 0 saturated carbocycles. The van der Waals surface area contributed by atoms with E-state index in [1.54, 1.807) is 4.72 Å². The predicted octanol–water partition coefficient (Wildman–Crippen LogP) is 2.37. The van der Waals surface area contributed by atoms with E-state index in [2.05, 4.69) is 0 Å². The van der Waals surface area contributed by atoms with Gasteiger partial charge in [0, 0.05) is 16.7 Å². The average molecular weight is 341 g/mol. The number of nitrogens with one attached hydrogen (secondary N) is 1. The molecule has 0 aliphatic heterocycles. The molecular formula is C13H9ClN2O5S. The summed E-state index contributed by atoms with van der Waals surface area (Å²) in [5.41, 5.74) is -0.550. The number of nitro benzene ring substituents is 1. The first-order chi connectivity index (χ1) is 10.3. The molecule has 1 amide bonds. The molecule has 0 saturated heterocycles. The molecule has 0 bridgehead atoms. The monoisotopic (exact) mass is 340 g/mol. The van der Waals surface area contributed by atoms with Gasteiger partial charge in [-0.1, -0.05) is 23.7 Å². The van der Waals surface area contributed by atoms with E-state index in [9.17, 15) is 23.3 Å². The average Bonchev–Trinajstić information content (AvgIpc) is 2.47. The Morgan fingerprint density at radius 1 is 1.09 bits per heavy atom. The van der Waals surface area contributed by atoms with Crippen molar-refractivity contribution >= 4 is 33.2 Å². The van der Waals surface area contributed by atoms with Gasteiger partial charge >= 0.3 is 0 Å². The zero-order valence-electron chi connectivity index (χ0n) is 10.9. The summed E-state index contributed by atoms with van der Waals surface area (Å²) in [5, 5.41) is 11.3. The van der Waals surface area contributed by atoms with Gasteiger partial charge in [0.2, 0.25) is 0 Å². The van der Waals surface area contributed by atoms with Crippen molar-refractivity contribution in [3.8, 4) is 0 Å². The Hall–Kier alpha value is -2.45. The van der Waals surface area contributed by atoms with E-state index in [4.69, 9.17) is 11.6 Å². The van der Waals surface area contributed by atoms with E-state index in [1.807, 2.05) is 0 Å². The van der Waals surface area contributed by atoms with Gasteiger partial charge in [0.25, 0.3) is 21.6 Å². The maximum Gasteiger partial charge on any atom is 0.289 e. The van der Waals surface area contributed by atoms with Gasteiger partial charge in [-0.15, -0.1) is 0 Å². The molecule has 0 unspecified atom stereocenters. The van der Waals surface area contributed by atoms with Crippen molar-refractivity contribution in [1.29, 1.82) is 0 Å². The number of halogens is 1. The molecule has 2 aromatic rings. The Balaban J connectivity index is 2.34. The van der Waals surface area contributed by atoms with Gasteiger partial charge in [-0.2, -0.15) is 0 Å². The minimum absolute atomic E-state index is 0.0616. The van der Waals surface area contributed by atoms with Crippen LogP contribution in [0.2, 0.25) is 5.02 Å². The Bertz CT molecular complexity index is 834. The van der Waals surface area contributed by atoms with E-state index >= 15 is 0 Å². The molecule has 0 aromatic heterocycles. The summed E-state index contributed by atoms with van der Waals surface area (Å²) in [6, 6.07) is 10.3. The van der Waals surface area contributed by atoms with Crippen LogP contribution in [0.25, 0.3) is 0 Å². The smallest absolute Gasteiger partial charge is 0.268 e. The fourth-order valence-corrected chi connectivity index (χ4v) is 2.95. The Kier molecular flexibility index (Phi) is 4.43. The van der Waals surface area contributed by atoms with Crippen LogP contribution in [0.1, 0.15) is 10.4 Å². The van der Waals surface area contributed by atoms with E-state index < -0.39 is 31.4 Å². The van der Waals surface area contributed by atoms with Gasteiger partial charge in [0.15, 0.2) is 4.90 Å². The van der Waals surface area contributed by atoms with Crippen LogP contribution in [0.5, 0.6) is 0 Å². The van der Waals surface area contributed by atoms with Crippen LogP contribution < -0.4 is 4.72 Å². The second kappa shape index (κ2) is 6.12. The Morgan fingerprint density at radius 2 is 1.68 bits per heavy atom. The number of nitro groups is 1. The number of sulfonamides is 1. The number of benzene rings is 2. The van der Waals surface area contributed by atoms with E-state index in [-0.39, 0.29) is 5.56 Å². The molecule has 0 heterocycles. The fraction of sp³-hybridized carbons (Fsp3) is 0. The van der Waals surface area contributed by atoms with Crippen LogP contribution in [-0.4, -0.2) is 19.2 Å². The number of para-hydroxylation sites is 1. The van der Waals surface area contributed by atoms with Crippen LogP contribution >= 0.6 is 11.6 Å². The molecule has 9 heteroatoms. The maximum absolute atomic E-state index is 12.1. The molecule has 2 rings (SSSR count). The second-order valence-electron chi connectivity index (χ2n) is 4.17. The van der Waals surface area contributed by atoms with Crippen molar-refractivity contribution < 1.29 is 18.1 Å². The van der Waals surface area contributed by atoms with Gasteiger partial charge in [-0.05, 0) is 30.3 Å². The lowest BCUT2D eigenvalue weighted by Gasteiger charge is -2.07. The summed E-state index contributed by atoms with van der Waals surface area (Å²) >= 11 is 5.68. The van der Waals surface area contributed by atoms with Crippen LogP contribution in [0.15, 0.2) is 53.4 Å². The molecule has 1 N–H and O–H groups in total. The first-order valence-electron chi connectivity index (χ1n) is 5.87. The summed E-state index contributed by atoms with van der Waals surface area (Å²) in [4.78, 5) is 21.4. The van der Waals surface area contributed by atoms with Crippen molar-refractivity contribution in [1.82, 2.24) is 4.72 Å². The van der Waals surface area contributed by atoms with Crippen LogP contribution in [0, 0.1) is 10.1 Å². The third-order valence-electron chi connectivity index (χ3n) is 2.68. The number of hydrogen-bond donors (Lipinski definition) is 1. The first-order valence-corrected chi connectivity index (χ1v) is 7.73. The molecule has 2 aromatic carbocycles. The molecular weight excluding hydrogens is 332 g/mol. The van der Waals surface area contributed by atoms with Crippen molar-refractivity contribution in [2.24, 2.45) is 0 Å². The quantitative estimate of drug-likeness (QED) is 0.679. The molecule has 0 radical (unpaired) electrons. The maximum atomic E-state index is 12.1. The van der Waals surface area contributed by atoms with Gasteiger partial charge < -0.3 is 0 Å².